The van der Waals surface area contributed by atoms with E-state index < -0.39 is 57.6 Å². The standard InChI is InChI=1S/C39H62NO10P/c1-3-5-7-9-10-11-12-13-14-15-16-17-18-19-20-21-22-23-24-25-26-27-29-31-38(43)48-32-35(41)33-49-51(46,47)50-34-36(39(44)45)40-37(42)30-28-8-6-4-2/h5,7,10-11,13-14,16-17,19-20,22-23,25-26,35-36,41H,3-4,6,8-9,12,15,18,21,24,27-34H2,1-2H3,(H,40,42)(H,44,45)(H,46,47)/b7-5-,11-10-,14-13-,17-16-,20-19-,23-22-,26-25-. The maximum absolute atomic E-state index is 12.1. The number of allylic oxidation sites excluding steroid dienone is 14. The van der Waals surface area contributed by atoms with Crippen molar-refractivity contribution in [1.29, 1.82) is 0 Å². The highest BCUT2D eigenvalue weighted by molar-refractivity contribution is 7.47. The minimum absolute atomic E-state index is 0.129. The first kappa shape index (κ1) is 47.7. The number of phosphoric acid groups is 1. The lowest BCUT2D eigenvalue weighted by atomic mass is 10.1. The number of hydrogen-bond acceptors (Lipinski definition) is 8. The van der Waals surface area contributed by atoms with Crippen molar-refractivity contribution in [3.63, 3.8) is 0 Å². The van der Waals surface area contributed by atoms with E-state index in [-0.39, 0.29) is 12.8 Å². The van der Waals surface area contributed by atoms with E-state index >= 15 is 0 Å². The fourth-order valence-electron chi connectivity index (χ4n) is 4.12. The zero-order valence-corrected chi connectivity index (χ0v) is 31.5. The normalized spacial score (nSPS) is 14.9. The molecule has 4 N–H and O–H groups in total. The number of rotatable bonds is 32. The molecule has 0 aliphatic heterocycles. The van der Waals surface area contributed by atoms with Gasteiger partial charge in [0.2, 0.25) is 5.91 Å². The number of aliphatic hydroxyl groups is 1. The van der Waals surface area contributed by atoms with Crippen LogP contribution in [0.5, 0.6) is 0 Å². The number of carboxylic acids is 1. The lowest BCUT2D eigenvalue weighted by Gasteiger charge is -2.18. The molecular weight excluding hydrogens is 673 g/mol. The van der Waals surface area contributed by atoms with Gasteiger partial charge in [0.15, 0.2) is 6.04 Å². The van der Waals surface area contributed by atoms with Crippen LogP contribution >= 0.6 is 7.82 Å². The molecule has 0 bridgehead atoms. The number of aliphatic hydroxyl groups excluding tert-OH is 1. The molecular formula is C39H62NO10P. The van der Waals surface area contributed by atoms with Crippen LogP contribution < -0.4 is 5.32 Å². The summed E-state index contributed by atoms with van der Waals surface area (Å²) in [5.74, 6) is -2.48. The zero-order chi connectivity index (χ0) is 37.8. The van der Waals surface area contributed by atoms with Gasteiger partial charge in [0, 0.05) is 12.8 Å². The number of unbranched alkanes of at least 4 members (excludes halogenated alkanes) is 4. The monoisotopic (exact) mass is 735 g/mol. The second-order valence-electron chi connectivity index (χ2n) is 11.7. The first-order valence-electron chi connectivity index (χ1n) is 18.1. The Balaban J connectivity index is 3.98. The van der Waals surface area contributed by atoms with E-state index in [0.717, 1.165) is 64.2 Å². The Hall–Kier alpha value is -3.34. The summed E-state index contributed by atoms with van der Waals surface area (Å²) in [5.41, 5.74) is 0. The molecule has 0 fully saturated rings. The van der Waals surface area contributed by atoms with Gasteiger partial charge in [-0.15, -0.1) is 0 Å². The topological polar surface area (TPSA) is 169 Å². The van der Waals surface area contributed by atoms with Crippen LogP contribution in [0.15, 0.2) is 85.1 Å². The largest absolute Gasteiger partial charge is 0.480 e. The Morgan fingerprint density at radius 3 is 1.63 bits per heavy atom. The van der Waals surface area contributed by atoms with Gasteiger partial charge in [-0.05, 0) is 64.2 Å². The van der Waals surface area contributed by atoms with E-state index in [1.807, 2.05) is 19.1 Å². The van der Waals surface area contributed by atoms with Crippen LogP contribution in [-0.4, -0.2) is 64.9 Å². The Morgan fingerprint density at radius 2 is 1.14 bits per heavy atom. The SMILES string of the molecule is CC/C=C\C/C=C\C/C=C\C/C=C\C/C=C\C/C=C\C/C=C\CCCC(=O)OCC(O)COP(=O)(O)OCC(NC(=O)CCCCCC)C(=O)O. The van der Waals surface area contributed by atoms with Crippen molar-refractivity contribution >= 4 is 25.7 Å². The zero-order valence-electron chi connectivity index (χ0n) is 30.6. The molecule has 0 heterocycles. The van der Waals surface area contributed by atoms with E-state index in [1.54, 1.807) is 0 Å². The molecule has 0 saturated heterocycles. The van der Waals surface area contributed by atoms with E-state index in [9.17, 15) is 34.1 Å². The van der Waals surface area contributed by atoms with Crippen molar-refractivity contribution in [1.82, 2.24) is 5.32 Å². The van der Waals surface area contributed by atoms with Crippen LogP contribution in [0.25, 0.3) is 0 Å². The van der Waals surface area contributed by atoms with Crippen molar-refractivity contribution in [2.45, 2.75) is 122 Å². The molecule has 3 atom stereocenters. The molecule has 0 spiro atoms. The number of nitrogens with one attached hydrogen (secondary N) is 1. The van der Waals surface area contributed by atoms with E-state index in [2.05, 4.69) is 94.2 Å². The minimum Gasteiger partial charge on any atom is -0.480 e. The minimum atomic E-state index is -4.75. The number of amides is 1. The van der Waals surface area contributed by atoms with Gasteiger partial charge in [0.1, 0.15) is 12.7 Å². The number of carboxylic acid groups (broad SMARTS) is 1. The Bertz CT molecular complexity index is 1190. The number of esters is 1. The molecule has 11 nitrogen and oxygen atoms in total. The molecule has 288 valence electrons. The number of carbonyl (C=O) groups is 3. The van der Waals surface area contributed by atoms with Crippen LogP contribution in [0.2, 0.25) is 0 Å². The second kappa shape index (κ2) is 33.8. The fraction of sp³-hybridized carbons (Fsp3) is 0.564. The van der Waals surface area contributed by atoms with Crippen molar-refractivity contribution in [2.24, 2.45) is 0 Å². The van der Waals surface area contributed by atoms with Gasteiger partial charge < -0.3 is 25.2 Å². The summed E-state index contributed by atoms with van der Waals surface area (Å²) in [4.78, 5) is 45.1. The molecule has 0 aromatic heterocycles. The van der Waals surface area contributed by atoms with Crippen molar-refractivity contribution in [3.8, 4) is 0 Å². The third-order valence-electron chi connectivity index (χ3n) is 6.95. The first-order chi connectivity index (χ1) is 24.6. The van der Waals surface area contributed by atoms with E-state index in [1.165, 1.54) is 0 Å². The summed E-state index contributed by atoms with van der Waals surface area (Å²) < 4.78 is 26.4. The van der Waals surface area contributed by atoms with Gasteiger partial charge in [-0.25, -0.2) is 9.36 Å². The summed E-state index contributed by atoms with van der Waals surface area (Å²) >= 11 is 0. The predicted molar refractivity (Wildman–Crippen MR) is 203 cm³/mol. The quantitative estimate of drug-likeness (QED) is 0.0228. The van der Waals surface area contributed by atoms with Gasteiger partial charge >= 0.3 is 19.8 Å². The number of phosphoric ester groups is 1. The lowest BCUT2D eigenvalue weighted by Crippen LogP contribution is -2.43. The van der Waals surface area contributed by atoms with Crippen LogP contribution in [0, 0.1) is 0 Å². The Morgan fingerprint density at radius 1 is 0.647 bits per heavy atom. The third kappa shape index (κ3) is 33.6. The average Bonchev–Trinajstić information content (AvgIpc) is 3.10. The van der Waals surface area contributed by atoms with Gasteiger partial charge in [-0.2, -0.15) is 0 Å². The Kier molecular flexibility index (Phi) is 31.6. The fourth-order valence-corrected chi connectivity index (χ4v) is 4.90. The molecule has 0 aromatic carbocycles. The highest BCUT2D eigenvalue weighted by atomic mass is 31.2. The van der Waals surface area contributed by atoms with Crippen LogP contribution in [0.4, 0.5) is 0 Å². The molecule has 0 radical (unpaired) electrons. The smallest absolute Gasteiger partial charge is 0.472 e. The molecule has 51 heavy (non-hydrogen) atoms. The second-order valence-corrected chi connectivity index (χ2v) is 13.1. The van der Waals surface area contributed by atoms with Crippen molar-refractivity contribution in [2.75, 3.05) is 19.8 Å². The van der Waals surface area contributed by atoms with Crippen LogP contribution in [0.1, 0.15) is 110 Å². The summed E-state index contributed by atoms with van der Waals surface area (Å²) in [6.07, 6.45) is 40.0. The maximum Gasteiger partial charge on any atom is 0.472 e. The highest BCUT2D eigenvalue weighted by Gasteiger charge is 2.28. The summed E-state index contributed by atoms with van der Waals surface area (Å²) in [6.45, 7) is 2.20. The first-order valence-corrected chi connectivity index (χ1v) is 19.6. The highest BCUT2D eigenvalue weighted by Crippen LogP contribution is 2.43. The van der Waals surface area contributed by atoms with Gasteiger partial charge in [-0.1, -0.05) is 118 Å². The molecule has 0 aromatic rings. The summed E-state index contributed by atoms with van der Waals surface area (Å²) in [6, 6.07) is -1.55. The summed E-state index contributed by atoms with van der Waals surface area (Å²) in [5, 5.41) is 21.5. The van der Waals surface area contributed by atoms with E-state index in [4.69, 9.17) is 4.74 Å². The van der Waals surface area contributed by atoms with Gasteiger partial charge in [0.25, 0.3) is 0 Å². The molecule has 12 heteroatoms. The molecule has 0 aliphatic carbocycles. The van der Waals surface area contributed by atoms with Crippen LogP contribution in [0.3, 0.4) is 0 Å². The van der Waals surface area contributed by atoms with Crippen molar-refractivity contribution in [3.05, 3.63) is 85.1 Å². The number of hydrogen-bond donors (Lipinski definition) is 4. The summed E-state index contributed by atoms with van der Waals surface area (Å²) in [7, 11) is -4.75. The van der Waals surface area contributed by atoms with Crippen molar-refractivity contribution < 1.29 is 47.8 Å². The molecule has 0 saturated carbocycles. The van der Waals surface area contributed by atoms with Crippen LogP contribution in [-0.2, 0) is 32.7 Å². The predicted octanol–water partition coefficient (Wildman–Crippen LogP) is 8.38. The number of carbonyl (C=O) groups excluding carboxylic acids is 2. The number of ether oxygens (including phenoxy) is 1. The maximum atomic E-state index is 12.1. The average molecular weight is 736 g/mol. The molecule has 1 amide bonds. The third-order valence-corrected chi connectivity index (χ3v) is 7.90. The Labute approximate surface area is 305 Å². The number of aliphatic carboxylic acids is 1. The van der Waals surface area contributed by atoms with Gasteiger partial charge in [-0.3, -0.25) is 18.6 Å². The molecule has 0 aliphatic rings. The lowest BCUT2D eigenvalue weighted by molar-refractivity contribution is -0.147. The molecule has 0 rings (SSSR count). The molecule has 3 unspecified atom stereocenters. The van der Waals surface area contributed by atoms with E-state index in [0.29, 0.717) is 19.3 Å². The van der Waals surface area contributed by atoms with Gasteiger partial charge in [0.05, 0.1) is 13.2 Å².